The molecule has 2 aromatic rings. The standard InChI is InChI=1S/C23H29NO7S2/c1-14(2)17-8-6-15(3)11-20(17)31-21(26)13-30-23(27)18-12-16(7-9-19(18)25)24-33(28,29)22-5-4-10-32-22/h4-5,7,9-10,12,14-15,17,20,24-25H,6,8,11,13H2,1-3H3/t15-,17+,20-/m1/s1. The van der Waals surface area contributed by atoms with Gasteiger partial charge in [-0.1, -0.05) is 33.3 Å². The number of rotatable bonds is 8. The fraction of sp³-hybridized carbons (Fsp3) is 0.478. The van der Waals surface area contributed by atoms with Crippen molar-refractivity contribution >= 4 is 39.0 Å². The first-order valence-electron chi connectivity index (χ1n) is 10.8. The predicted octanol–water partition coefficient (Wildman–Crippen LogP) is 4.42. The van der Waals surface area contributed by atoms with E-state index in [4.69, 9.17) is 9.47 Å². The number of phenols is 1. The molecule has 0 spiro atoms. The topological polar surface area (TPSA) is 119 Å². The van der Waals surface area contributed by atoms with E-state index in [1.54, 1.807) is 11.4 Å². The minimum atomic E-state index is -3.82. The molecule has 0 aliphatic heterocycles. The van der Waals surface area contributed by atoms with Crippen molar-refractivity contribution in [1.29, 1.82) is 0 Å². The zero-order valence-electron chi connectivity index (χ0n) is 18.8. The molecule has 1 aromatic heterocycles. The lowest BCUT2D eigenvalue weighted by Crippen LogP contribution is -2.36. The van der Waals surface area contributed by atoms with E-state index in [9.17, 15) is 23.1 Å². The van der Waals surface area contributed by atoms with Gasteiger partial charge in [0.25, 0.3) is 10.0 Å². The summed E-state index contributed by atoms with van der Waals surface area (Å²) in [6.45, 7) is 5.73. The number of ether oxygens (including phenoxy) is 2. The highest BCUT2D eigenvalue weighted by Crippen LogP contribution is 2.35. The molecule has 1 aromatic carbocycles. The van der Waals surface area contributed by atoms with Crippen molar-refractivity contribution < 1.29 is 32.6 Å². The van der Waals surface area contributed by atoms with Crippen LogP contribution in [-0.2, 0) is 24.3 Å². The quantitative estimate of drug-likeness (QED) is 0.411. The number of phenolic OH excluding ortho intramolecular Hbond substituents is 1. The van der Waals surface area contributed by atoms with E-state index in [2.05, 4.69) is 25.5 Å². The Morgan fingerprint density at radius 1 is 1.24 bits per heavy atom. The summed E-state index contributed by atoms with van der Waals surface area (Å²) in [5.74, 6) is -0.916. The first-order valence-corrected chi connectivity index (χ1v) is 13.2. The molecule has 1 aliphatic rings. The third kappa shape index (κ3) is 6.48. The summed E-state index contributed by atoms with van der Waals surface area (Å²) < 4.78 is 37.9. The summed E-state index contributed by atoms with van der Waals surface area (Å²) in [4.78, 5) is 24.8. The number of nitrogens with one attached hydrogen (secondary N) is 1. The van der Waals surface area contributed by atoms with Gasteiger partial charge < -0.3 is 14.6 Å². The van der Waals surface area contributed by atoms with Gasteiger partial charge in [-0.15, -0.1) is 11.3 Å². The molecule has 180 valence electrons. The van der Waals surface area contributed by atoms with Crippen LogP contribution < -0.4 is 4.72 Å². The number of thiophene rings is 1. The fourth-order valence-corrected chi connectivity index (χ4v) is 6.08. The van der Waals surface area contributed by atoms with Crippen molar-refractivity contribution in [2.24, 2.45) is 17.8 Å². The zero-order valence-corrected chi connectivity index (χ0v) is 20.4. The van der Waals surface area contributed by atoms with E-state index in [-0.39, 0.29) is 27.5 Å². The fourth-order valence-electron chi connectivity index (χ4n) is 4.04. The first-order chi connectivity index (χ1) is 15.6. The lowest BCUT2D eigenvalue weighted by molar-refractivity contribution is -0.159. The molecule has 0 amide bonds. The third-order valence-electron chi connectivity index (χ3n) is 5.79. The van der Waals surface area contributed by atoms with Crippen molar-refractivity contribution in [2.45, 2.75) is 50.3 Å². The second kappa shape index (κ2) is 10.6. The molecule has 0 saturated heterocycles. The lowest BCUT2D eigenvalue weighted by atomic mass is 9.75. The Hall–Kier alpha value is -2.59. The van der Waals surface area contributed by atoms with Crippen LogP contribution in [-0.4, -0.2) is 38.2 Å². The smallest absolute Gasteiger partial charge is 0.344 e. The molecule has 1 aliphatic carbocycles. The number of benzene rings is 1. The summed E-state index contributed by atoms with van der Waals surface area (Å²) in [5, 5.41) is 11.7. The van der Waals surface area contributed by atoms with Crippen LogP contribution >= 0.6 is 11.3 Å². The van der Waals surface area contributed by atoms with Crippen LogP contribution in [0.4, 0.5) is 5.69 Å². The molecule has 3 rings (SSSR count). The summed E-state index contributed by atoms with van der Waals surface area (Å²) in [6, 6.07) is 6.71. The number of anilines is 1. The Morgan fingerprint density at radius 3 is 2.67 bits per heavy atom. The molecule has 8 nitrogen and oxygen atoms in total. The third-order valence-corrected chi connectivity index (χ3v) is 8.57. The van der Waals surface area contributed by atoms with Gasteiger partial charge in [0.05, 0.1) is 0 Å². The van der Waals surface area contributed by atoms with Crippen LogP contribution in [0.15, 0.2) is 39.9 Å². The van der Waals surface area contributed by atoms with E-state index in [1.165, 1.54) is 18.2 Å². The molecule has 0 radical (unpaired) electrons. The monoisotopic (exact) mass is 495 g/mol. The maximum Gasteiger partial charge on any atom is 0.344 e. The van der Waals surface area contributed by atoms with Crippen molar-refractivity contribution in [2.75, 3.05) is 11.3 Å². The Bertz CT molecular complexity index is 1080. The molecule has 10 heteroatoms. The summed E-state index contributed by atoms with van der Waals surface area (Å²) >= 11 is 1.05. The van der Waals surface area contributed by atoms with Crippen LogP contribution in [0.5, 0.6) is 5.75 Å². The number of carbonyl (C=O) groups is 2. The van der Waals surface area contributed by atoms with Crippen molar-refractivity contribution in [3.63, 3.8) is 0 Å². The van der Waals surface area contributed by atoms with E-state index >= 15 is 0 Å². The van der Waals surface area contributed by atoms with Crippen LogP contribution in [0, 0.1) is 17.8 Å². The molecular formula is C23H29NO7S2. The van der Waals surface area contributed by atoms with Crippen LogP contribution in [0.25, 0.3) is 0 Å². The van der Waals surface area contributed by atoms with Crippen molar-refractivity contribution in [1.82, 2.24) is 0 Å². The molecule has 3 atom stereocenters. The number of hydrogen-bond acceptors (Lipinski definition) is 8. The van der Waals surface area contributed by atoms with Crippen LogP contribution in [0.1, 0.15) is 50.4 Å². The molecule has 1 fully saturated rings. The Balaban J connectivity index is 1.62. The SMILES string of the molecule is CC(C)[C@@H]1CC[C@@H](C)C[C@H]1OC(=O)COC(=O)c1cc(NS(=O)(=O)c2cccs2)ccc1O. The largest absolute Gasteiger partial charge is 0.507 e. The maximum atomic E-state index is 12.5. The zero-order chi connectivity index (χ0) is 24.2. The van der Waals surface area contributed by atoms with Crippen LogP contribution in [0.3, 0.4) is 0 Å². The van der Waals surface area contributed by atoms with Gasteiger partial charge in [0.1, 0.15) is 21.6 Å². The van der Waals surface area contributed by atoms with Gasteiger partial charge >= 0.3 is 11.9 Å². The second-order valence-corrected chi connectivity index (χ2v) is 11.6. The Labute approximate surface area is 198 Å². The number of aromatic hydroxyl groups is 1. The van der Waals surface area contributed by atoms with E-state index in [0.717, 1.165) is 36.7 Å². The Morgan fingerprint density at radius 2 is 2.00 bits per heavy atom. The van der Waals surface area contributed by atoms with E-state index in [0.29, 0.717) is 11.8 Å². The molecule has 0 bridgehead atoms. The van der Waals surface area contributed by atoms with Gasteiger partial charge in [-0.3, -0.25) is 4.72 Å². The first kappa shape index (κ1) is 25.0. The molecule has 1 heterocycles. The highest BCUT2D eigenvalue weighted by Gasteiger charge is 2.33. The normalized spacial score (nSPS) is 20.9. The summed E-state index contributed by atoms with van der Waals surface area (Å²) in [7, 11) is -3.82. The molecule has 1 saturated carbocycles. The summed E-state index contributed by atoms with van der Waals surface area (Å²) in [5.41, 5.74) is -0.188. The number of sulfonamides is 1. The molecular weight excluding hydrogens is 466 g/mol. The van der Waals surface area contributed by atoms with E-state index < -0.39 is 34.3 Å². The lowest BCUT2D eigenvalue weighted by Gasteiger charge is -2.36. The minimum Gasteiger partial charge on any atom is -0.507 e. The molecule has 0 unspecified atom stereocenters. The van der Waals surface area contributed by atoms with Gasteiger partial charge in [0.2, 0.25) is 0 Å². The van der Waals surface area contributed by atoms with Crippen LogP contribution in [0.2, 0.25) is 0 Å². The average Bonchev–Trinajstić information content (AvgIpc) is 3.29. The summed E-state index contributed by atoms with van der Waals surface area (Å²) in [6.07, 6.45) is 2.63. The Kier molecular flexibility index (Phi) is 8.01. The predicted molar refractivity (Wildman–Crippen MR) is 125 cm³/mol. The van der Waals surface area contributed by atoms with Gasteiger partial charge in [-0.2, -0.15) is 0 Å². The van der Waals surface area contributed by atoms with E-state index in [1.807, 2.05) is 0 Å². The maximum absolute atomic E-state index is 12.5. The molecule has 2 N–H and O–H groups in total. The highest BCUT2D eigenvalue weighted by atomic mass is 32.2. The van der Waals surface area contributed by atoms with Gasteiger partial charge in [0.15, 0.2) is 6.61 Å². The minimum absolute atomic E-state index is 0.0756. The second-order valence-electron chi connectivity index (χ2n) is 8.70. The van der Waals surface area contributed by atoms with Gasteiger partial charge in [0, 0.05) is 5.69 Å². The van der Waals surface area contributed by atoms with Crippen molar-refractivity contribution in [3.05, 3.63) is 41.3 Å². The van der Waals surface area contributed by atoms with Gasteiger partial charge in [-0.25, -0.2) is 18.0 Å². The number of esters is 2. The number of hydrogen-bond donors (Lipinski definition) is 2. The average molecular weight is 496 g/mol. The van der Waals surface area contributed by atoms with Crippen molar-refractivity contribution in [3.8, 4) is 5.75 Å². The number of carbonyl (C=O) groups excluding carboxylic acids is 2. The molecule has 33 heavy (non-hydrogen) atoms. The highest BCUT2D eigenvalue weighted by molar-refractivity contribution is 7.94. The van der Waals surface area contributed by atoms with Gasteiger partial charge in [-0.05, 0) is 60.2 Å².